The molecule has 0 fully saturated rings. The molecule has 0 aromatic rings. The fourth-order valence-electron chi connectivity index (χ4n) is 0.356. The standard InChI is InChI=1S/C6H14O3.C4H8O/c1-5(8)4-9-6(2)3-7;1-3-4(2)5/h5-8H,3-4H2,1-2H3;3H2,1-2H3. The van der Waals surface area contributed by atoms with E-state index in [9.17, 15) is 4.79 Å². The molecule has 4 heteroatoms. The molecule has 0 bridgehead atoms. The van der Waals surface area contributed by atoms with E-state index < -0.39 is 6.10 Å². The molecule has 86 valence electrons. The lowest BCUT2D eigenvalue weighted by Gasteiger charge is -2.10. The van der Waals surface area contributed by atoms with Crippen molar-refractivity contribution in [3.8, 4) is 0 Å². The van der Waals surface area contributed by atoms with Crippen LogP contribution in [0.2, 0.25) is 0 Å². The van der Waals surface area contributed by atoms with Crippen molar-refractivity contribution in [1.29, 1.82) is 0 Å². The summed E-state index contributed by atoms with van der Waals surface area (Å²) in [4.78, 5) is 9.81. The van der Waals surface area contributed by atoms with Crippen LogP contribution in [0.15, 0.2) is 0 Å². The van der Waals surface area contributed by atoms with Crippen LogP contribution < -0.4 is 0 Å². The molecule has 2 atom stereocenters. The van der Waals surface area contributed by atoms with Gasteiger partial charge in [-0.25, -0.2) is 0 Å². The van der Waals surface area contributed by atoms with Crippen LogP contribution in [0.25, 0.3) is 0 Å². The minimum Gasteiger partial charge on any atom is -0.394 e. The lowest BCUT2D eigenvalue weighted by molar-refractivity contribution is -0.116. The molecule has 0 radical (unpaired) electrons. The van der Waals surface area contributed by atoms with E-state index in [4.69, 9.17) is 14.9 Å². The molecule has 0 saturated heterocycles. The number of ketones is 1. The first-order chi connectivity index (χ1) is 6.43. The third-order valence-electron chi connectivity index (χ3n) is 1.38. The Bertz CT molecular complexity index is 134. The summed E-state index contributed by atoms with van der Waals surface area (Å²) in [5.74, 6) is 0.255. The van der Waals surface area contributed by atoms with Crippen LogP contribution in [0.1, 0.15) is 34.1 Å². The molecule has 0 saturated carbocycles. The number of hydrogen-bond donors (Lipinski definition) is 2. The van der Waals surface area contributed by atoms with E-state index in [1.54, 1.807) is 20.8 Å². The van der Waals surface area contributed by atoms with Crippen molar-refractivity contribution >= 4 is 5.78 Å². The van der Waals surface area contributed by atoms with E-state index in [0.717, 1.165) is 0 Å². The van der Waals surface area contributed by atoms with Crippen LogP contribution in [0.4, 0.5) is 0 Å². The third kappa shape index (κ3) is 17.6. The van der Waals surface area contributed by atoms with Gasteiger partial charge in [-0.15, -0.1) is 0 Å². The maximum Gasteiger partial charge on any atom is 0.129 e. The van der Waals surface area contributed by atoms with E-state index in [-0.39, 0.29) is 18.5 Å². The van der Waals surface area contributed by atoms with Gasteiger partial charge < -0.3 is 19.7 Å². The molecule has 4 nitrogen and oxygen atoms in total. The van der Waals surface area contributed by atoms with E-state index in [0.29, 0.717) is 13.0 Å². The molecule has 0 aliphatic heterocycles. The molecule has 0 aliphatic rings. The predicted octanol–water partition coefficient (Wildman–Crippen LogP) is 0.750. The molecule has 14 heavy (non-hydrogen) atoms. The number of Topliss-reactive ketones (excluding diaryl/α,β-unsaturated/α-hetero) is 1. The lowest BCUT2D eigenvalue weighted by atomic mass is 10.4. The Morgan fingerprint density at radius 1 is 1.43 bits per heavy atom. The Labute approximate surface area is 85.9 Å². The predicted molar refractivity (Wildman–Crippen MR) is 55.2 cm³/mol. The number of carbonyl (C=O) groups is 1. The molecule has 0 spiro atoms. The van der Waals surface area contributed by atoms with Gasteiger partial charge in [0.15, 0.2) is 0 Å². The van der Waals surface area contributed by atoms with Gasteiger partial charge in [0.25, 0.3) is 0 Å². The van der Waals surface area contributed by atoms with Crippen LogP contribution in [0.5, 0.6) is 0 Å². The number of rotatable bonds is 5. The van der Waals surface area contributed by atoms with Gasteiger partial charge in [-0.1, -0.05) is 6.92 Å². The summed E-state index contributed by atoms with van der Waals surface area (Å²) < 4.78 is 4.95. The fraction of sp³-hybridized carbons (Fsp3) is 0.900. The number of carbonyl (C=O) groups excluding carboxylic acids is 1. The molecule has 0 rings (SSSR count). The molecule has 2 unspecified atom stereocenters. The number of aliphatic hydroxyl groups is 2. The zero-order valence-corrected chi connectivity index (χ0v) is 9.49. The topological polar surface area (TPSA) is 66.8 Å². The lowest BCUT2D eigenvalue weighted by Crippen LogP contribution is -2.19. The molecule has 0 amide bonds. The van der Waals surface area contributed by atoms with Gasteiger partial charge in [0.1, 0.15) is 5.78 Å². The van der Waals surface area contributed by atoms with Gasteiger partial charge in [-0.3, -0.25) is 0 Å². The van der Waals surface area contributed by atoms with E-state index in [1.165, 1.54) is 0 Å². The molecule has 0 heterocycles. The first-order valence-electron chi connectivity index (χ1n) is 4.83. The molecule has 0 aromatic heterocycles. The zero-order chi connectivity index (χ0) is 11.6. The van der Waals surface area contributed by atoms with Gasteiger partial charge in [-0.2, -0.15) is 0 Å². The van der Waals surface area contributed by atoms with Crippen molar-refractivity contribution in [2.45, 2.75) is 46.3 Å². The molecule has 2 N–H and O–H groups in total. The highest BCUT2D eigenvalue weighted by Crippen LogP contribution is 1.90. The maximum absolute atomic E-state index is 9.81. The Hall–Kier alpha value is -0.450. The summed E-state index contributed by atoms with van der Waals surface area (Å²) in [5, 5.41) is 17.1. The van der Waals surface area contributed by atoms with Crippen molar-refractivity contribution in [2.75, 3.05) is 13.2 Å². The second-order valence-electron chi connectivity index (χ2n) is 3.23. The summed E-state index contributed by atoms with van der Waals surface area (Å²) in [6.45, 7) is 7.13. The van der Waals surface area contributed by atoms with Gasteiger partial charge in [0.2, 0.25) is 0 Å². The Morgan fingerprint density at radius 2 is 1.86 bits per heavy atom. The van der Waals surface area contributed by atoms with Gasteiger partial charge in [0, 0.05) is 6.42 Å². The minimum atomic E-state index is -0.445. The summed E-state index contributed by atoms with van der Waals surface area (Å²) in [7, 11) is 0. The Balaban J connectivity index is 0. The maximum atomic E-state index is 9.81. The van der Waals surface area contributed by atoms with E-state index in [1.807, 2.05) is 6.92 Å². The van der Waals surface area contributed by atoms with Crippen molar-refractivity contribution in [1.82, 2.24) is 0 Å². The van der Waals surface area contributed by atoms with Gasteiger partial charge in [-0.05, 0) is 20.8 Å². The SMILES string of the molecule is CC(O)COC(C)CO.CCC(C)=O. The highest BCUT2D eigenvalue weighted by Gasteiger charge is 2.00. The van der Waals surface area contributed by atoms with Crippen molar-refractivity contribution < 1.29 is 19.7 Å². The highest BCUT2D eigenvalue weighted by molar-refractivity contribution is 5.74. The third-order valence-corrected chi connectivity index (χ3v) is 1.38. The molecule has 0 aliphatic carbocycles. The van der Waals surface area contributed by atoms with E-state index in [2.05, 4.69) is 0 Å². The monoisotopic (exact) mass is 206 g/mol. The minimum absolute atomic E-state index is 0.00667. The van der Waals surface area contributed by atoms with Gasteiger partial charge >= 0.3 is 0 Å². The summed E-state index contributed by atoms with van der Waals surface area (Å²) in [6, 6.07) is 0. The quantitative estimate of drug-likeness (QED) is 0.696. The average molecular weight is 206 g/mol. The van der Waals surface area contributed by atoms with Crippen LogP contribution in [0.3, 0.4) is 0 Å². The molecule has 0 aromatic carbocycles. The number of ether oxygens (including phenoxy) is 1. The second kappa shape index (κ2) is 10.6. The summed E-state index contributed by atoms with van der Waals surface area (Å²) in [6.07, 6.45) is 0.0543. The molecular weight excluding hydrogens is 184 g/mol. The first-order valence-corrected chi connectivity index (χ1v) is 4.83. The van der Waals surface area contributed by atoms with Crippen LogP contribution >= 0.6 is 0 Å². The van der Waals surface area contributed by atoms with Gasteiger partial charge in [0.05, 0.1) is 25.4 Å². The average Bonchev–Trinajstić information content (AvgIpc) is 2.14. The Morgan fingerprint density at radius 3 is 2.07 bits per heavy atom. The number of aliphatic hydroxyl groups excluding tert-OH is 2. The normalized spacial score (nSPS) is 13.9. The fourth-order valence-corrected chi connectivity index (χ4v) is 0.356. The smallest absolute Gasteiger partial charge is 0.129 e. The second-order valence-corrected chi connectivity index (χ2v) is 3.23. The summed E-state index contributed by atoms with van der Waals surface area (Å²) in [5.41, 5.74) is 0. The Kier molecular flexibility index (Phi) is 12.1. The van der Waals surface area contributed by atoms with Crippen LogP contribution in [0, 0.1) is 0 Å². The molecular formula is C10H22O4. The van der Waals surface area contributed by atoms with Crippen LogP contribution in [-0.4, -0.2) is 41.4 Å². The zero-order valence-electron chi connectivity index (χ0n) is 9.49. The largest absolute Gasteiger partial charge is 0.394 e. The van der Waals surface area contributed by atoms with Crippen molar-refractivity contribution in [2.24, 2.45) is 0 Å². The highest BCUT2D eigenvalue weighted by atomic mass is 16.5. The first kappa shape index (κ1) is 16.0. The van der Waals surface area contributed by atoms with Crippen LogP contribution in [-0.2, 0) is 9.53 Å². The van der Waals surface area contributed by atoms with Crippen molar-refractivity contribution in [3.63, 3.8) is 0 Å². The summed E-state index contributed by atoms with van der Waals surface area (Å²) >= 11 is 0. The number of hydrogen-bond acceptors (Lipinski definition) is 4. The van der Waals surface area contributed by atoms with E-state index >= 15 is 0 Å². The van der Waals surface area contributed by atoms with Crippen molar-refractivity contribution in [3.05, 3.63) is 0 Å².